The van der Waals surface area contributed by atoms with Gasteiger partial charge in [-0.15, -0.1) is 0 Å². The number of hydrogen-bond acceptors (Lipinski definition) is 8. The van der Waals surface area contributed by atoms with Gasteiger partial charge in [0.05, 0.1) is 0 Å². The SMILES string of the molecule is CC(C)CC(Nc1ncc(C(N)=O)c(Nc2cccc([NH2+]N=CC=N)c2)n1)C(N)=O. The largest absolute Gasteiger partial charge is 0.368 e. The van der Waals surface area contributed by atoms with Crippen molar-refractivity contribution in [2.75, 3.05) is 10.6 Å². The number of nitrogens with two attached hydrogens (primary N) is 3. The van der Waals surface area contributed by atoms with Crippen LogP contribution in [0.1, 0.15) is 30.6 Å². The van der Waals surface area contributed by atoms with Gasteiger partial charge in [0.1, 0.15) is 23.6 Å². The Labute approximate surface area is 173 Å². The summed E-state index contributed by atoms with van der Waals surface area (Å²) >= 11 is 0. The highest BCUT2D eigenvalue weighted by molar-refractivity contribution is 6.14. The number of carbonyl (C=O) groups excluding carboxylic acids is 2. The fourth-order valence-corrected chi connectivity index (χ4v) is 2.61. The molecule has 0 aliphatic rings. The zero-order chi connectivity index (χ0) is 22.1. The molecule has 0 spiro atoms. The molecule has 0 saturated carbocycles. The number of carbonyl (C=O) groups is 2. The molecule has 2 aromatic rings. The van der Waals surface area contributed by atoms with E-state index in [-0.39, 0.29) is 23.2 Å². The molecule has 0 aliphatic heterocycles. The van der Waals surface area contributed by atoms with Crippen molar-refractivity contribution >= 4 is 47.4 Å². The number of rotatable bonds is 11. The third-order valence-electron chi connectivity index (χ3n) is 3.94. The van der Waals surface area contributed by atoms with Gasteiger partial charge in [-0.05, 0) is 18.4 Å². The summed E-state index contributed by atoms with van der Waals surface area (Å²) in [4.78, 5) is 31.9. The van der Waals surface area contributed by atoms with E-state index in [1.54, 1.807) is 23.6 Å². The number of quaternary nitrogens is 1. The molecule has 2 amide bonds. The maximum absolute atomic E-state index is 11.8. The van der Waals surface area contributed by atoms with Crippen molar-refractivity contribution in [1.29, 1.82) is 5.41 Å². The van der Waals surface area contributed by atoms with Gasteiger partial charge in [-0.2, -0.15) is 10.4 Å². The summed E-state index contributed by atoms with van der Waals surface area (Å²) in [5, 5.41) is 16.9. The number of anilines is 3. The van der Waals surface area contributed by atoms with E-state index in [0.29, 0.717) is 12.1 Å². The zero-order valence-electron chi connectivity index (χ0n) is 16.8. The quantitative estimate of drug-likeness (QED) is 0.134. The van der Waals surface area contributed by atoms with E-state index in [2.05, 4.69) is 25.7 Å². The summed E-state index contributed by atoms with van der Waals surface area (Å²) < 4.78 is 0. The van der Waals surface area contributed by atoms with Crippen molar-refractivity contribution < 1.29 is 15.0 Å². The van der Waals surface area contributed by atoms with Crippen molar-refractivity contribution in [2.24, 2.45) is 22.5 Å². The molecular formula is C19H26N9O2+. The van der Waals surface area contributed by atoms with Gasteiger partial charge >= 0.3 is 0 Å². The molecule has 0 radical (unpaired) electrons. The first-order valence-corrected chi connectivity index (χ1v) is 9.25. The number of hydrogen-bond donors (Lipinski definition) is 6. The predicted molar refractivity (Wildman–Crippen MR) is 115 cm³/mol. The van der Waals surface area contributed by atoms with Crippen LogP contribution in [0.15, 0.2) is 35.6 Å². The minimum atomic E-state index is -0.698. The van der Waals surface area contributed by atoms with Crippen LogP contribution in [0.4, 0.5) is 23.1 Å². The number of nitrogens with one attached hydrogen (secondary N) is 3. The van der Waals surface area contributed by atoms with E-state index >= 15 is 0 Å². The molecule has 1 aromatic carbocycles. The molecule has 2 rings (SSSR count). The van der Waals surface area contributed by atoms with Crippen LogP contribution >= 0.6 is 0 Å². The van der Waals surface area contributed by atoms with Crippen molar-refractivity contribution in [3.8, 4) is 0 Å². The summed E-state index contributed by atoms with van der Waals surface area (Å²) in [6.07, 6.45) is 4.22. The van der Waals surface area contributed by atoms with Crippen molar-refractivity contribution in [3.05, 3.63) is 36.0 Å². The van der Waals surface area contributed by atoms with Crippen LogP contribution in [0.5, 0.6) is 0 Å². The summed E-state index contributed by atoms with van der Waals surface area (Å²) in [6.45, 7) is 3.94. The van der Waals surface area contributed by atoms with E-state index in [0.717, 1.165) is 11.9 Å². The molecule has 9 N–H and O–H groups in total. The first-order chi connectivity index (χ1) is 14.3. The third kappa shape index (κ3) is 6.63. The number of aromatic nitrogens is 2. The summed E-state index contributed by atoms with van der Waals surface area (Å²) in [6, 6.07) is 6.54. The molecule has 11 nitrogen and oxygen atoms in total. The van der Waals surface area contributed by atoms with Gasteiger partial charge < -0.3 is 27.5 Å². The van der Waals surface area contributed by atoms with Crippen LogP contribution in [0, 0.1) is 11.3 Å². The van der Waals surface area contributed by atoms with E-state index in [4.69, 9.17) is 16.9 Å². The first-order valence-electron chi connectivity index (χ1n) is 9.25. The minimum absolute atomic E-state index is 0.0937. The lowest BCUT2D eigenvalue weighted by Gasteiger charge is -2.18. The van der Waals surface area contributed by atoms with Crippen molar-refractivity contribution in [1.82, 2.24) is 9.97 Å². The van der Waals surface area contributed by atoms with Gasteiger partial charge in [-0.1, -0.05) is 25.0 Å². The maximum atomic E-state index is 11.8. The monoisotopic (exact) mass is 412 g/mol. The Kier molecular flexibility index (Phi) is 7.94. The third-order valence-corrected chi connectivity index (χ3v) is 3.94. The number of benzene rings is 1. The van der Waals surface area contributed by atoms with Crippen LogP contribution < -0.4 is 27.5 Å². The van der Waals surface area contributed by atoms with Gasteiger partial charge in [0.15, 0.2) is 5.69 Å². The molecule has 1 atom stereocenters. The second kappa shape index (κ2) is 10.6. The normalized spacial score (nSPS) is 12.0. The smallest absolute Gasteiger partial charge is 0.254 e. The molecule has 0 aliphatic carbocycles. The highest BCUT2D eigenvalue weighted by Gasteiger charge is 2.20. The Bertz CT molecular complexity index is 943. The Hall–Kier alpha value is -3.86. The van der Waals surface area contributed by atoms with Gasteiger partial charge in [0, 0.05) is 30.2 Å². The van der Waals surface area contributed by atoms with Crippen LogP contribution in [0.25, 0.3) is 0 Å². The van der Waals surface area contributed by atoms with Gasteiger partial charge in [-0.3, -0.25) is 9.59 Å². The minimum Gasteiger partial charge on any atom is -0.368 e. The topological polar surface area (TPSA) is 189 Å². The summed E-state index contributed by atoms with van der Waals surface area (Å²) in [5.74, 6) is -0.657. The average Bonchev–Trinajstić information content (AvgIpc) is 2.67. The highest BCUT2D eigenvalue weighted by Crippen LogP contribution is 2.21. The molecule has 0 saturated heterocycles. The van der Waals surface area contributed by atoms with Crippen LogP contribution in [0.2, 0.25) is 0 Å². The van der Waals surface area contributed by atoms with Crippen LogP contribution in [0.3, 0.4) is 0 Å². The molecule has 30 heavy (non-hydrogen) atoms. The Morgan fingerprint density at radius 3 is 2.73 bits per heavy atom. The number of nitrogens with zero attached hydrogens (tertiary/aromatic N) is 3. The lowest BCUT2D eigenvalue weighted by molar-refractivity contribution is -0.576. The fraction of sp³-hybridized carbons (Fsp3) is 0.263. The standard InChI is InChI=1S/C19H25N9O2/c1-11(2)8-15(17(22)30)26-19-23-10-14(16(21)29)18(27-19)25-12-4-3-5-13(9-12)28-24-7-6-20/h3-7,9-11,15,20,28H,8H2,1-2H3,(H2,21,29)(H2,22,30)(H2,23,25,26,27)/p+1. The predicted octanol–water partition coefficient (Wildman–Crippen LogP) is 0.461. The van der Waals surface area contributed by atoms with E-state index in [1.165, 1.54) is 12.4 Å². The summed E-state index contributed by atoms with van der Waals surface area (Å²) in [5.41, 5.74) is 14.0. The second-order valence-corrected chi connectivity index (χ2v) is 6.89. The molecular weight excluding hydrogens is 386 g/mol. The van der Waals surface area contributed by atoms with Gasteiger partial charge in [-0.25, -0.2) is 4.98 Å². The molecule has 1 unspecified atom stereocenters. The second-order valence-electron chi connectivity index (χ2n) is 6.89. The van der Waals surface area contributed by atoms with E-state index in [9.17, 15) is 9.59 Å². The van der Waals surface area contributed by atoms with Gasteiger partial charge in [0.25, 0.3) is 5.91 Å². The maximum Gasteiger partial charge on any atom is 0.254 e. The highest BCUT2D eigenvalue weighted by atomic mass is 16.1. The Morgan fingerprint density at radius 2 is 2.10 bits per heavy atom. The Morgan fingerprint density at radius 1 is 1.33 bits per heavy atom. The molecule has 158 valence electrons. The lowest BCUT2D eigenvalue weighted by atomic mass is 10.0. The van der Waals surface area contributed by atoms with Crippen LogP contribution in [-0.4, -0.2) is 40.3 Å². The zero-order valence-corrected chi connectivity index (χ0v) is 16.8. The molecule has 1 heterocycles. The molecule has 1 aromatic heterocycles. The average molecular weight is 412 g/mol. The molecule has 0 bridgehead atoms. The summed E-state index contributed by atoms with van der Waals surface area (Å²) in [7, 11) is 0. The van der Waals surface area contributed by atoms with E-state index < -0.39 is 17.9 Å². The van der Waals surface area contributed by atoms with E-state index in [1.807, 2.05) is 19.9 Å². The van der Waals surface area contributed by atoms with Crippen LogP contribution in [-0.2, 0) is 4.79 Å². The number of primary amides is 2. The molecule has 11 heteroatoms. The first kappa shape index (κ1) is 22.4. The lowest BCUT2D eigenvalue weighted by Crippen LogP contribution is -2.71. The van der Waals surface area contributed by atoms with Crippen molar-refractivity contribution in [2.45, 2.75) is 26.3 Å². The van der Waals surface area contributed by atoms with Crippen molar-refractivity contribution in [3.63, 3.8) is 0 Å². The van der Waals surface area contributed by atoms with Gasteiger partial charge in [0.2, 0.25) is 11.9 Å². The molecule has 0 fully saturated rings. The fourth-order valence-electron chi connectivity index (χ4n) is 2.61. The number of amides is 2. The Balaban J connectivity index is 2.29.